The number of hydrogen-bond donors (Lipinski definition) is 4. The Morgan fingerprint density at radius 3 is 1.35 bits per heavy atom. The first kappa shape index (κ1) is 20.9. The topological polar surface area (TPSA) is 134 Å². The van der Waals surface area contributed by atoms with Gasteiger partial charge in [-0.2, -0.15) is 0 Å². The van der Waals surface area contributed by atoms with E-state index in [9.17, 15) is 19.8 Å². The molecule has 140 valence electrons. The molecule has 0 aliphatic carbocycles. The number of aromatic hydroxyl groups is 2. The molecule has 26 heavy (non-hydrogen) atoms. The van der Waals surface area contributed by atoms with Crippen LogP contribution in [0.2, 0.25) is 0 Å². The average Bonchev–Trinajstić information content (AvgIpc) is 2.65. The third-order valence-electron chi connectivity index (χ3n) is 2.90. The number of para-hydroxylation sites is 2. The Kier molecular flexibility index (Phi) is 9.23. The van der Waals surface area contributed by atoms with Gasteiger partial charge in [0.15, 0.2) is 0 Å². The van der Waals surface area contributed by atoms with E-state index in [0.717, 1.165) is 0 Å². The van der Waals surface area contributed by atoms with Crippen molar-refractivity contribution in [3.63, 3.8) is 0 Å². The van der Waals surface area contributed by atoms with Crippen LogP contribution in [0.3, 0.4) is 0 Å². The van der Waals surface area contributed by atoms with Crippen molar-refractivity contribution in [1.29, 1.82) is 0 Å². The summed E-state index contributed by atoms with van der Waals surface area (Å²) in [6.45, 7) is -0.570. The lowest BCUT2D eigenvalue weighted by molar-refractivity contribution is 0.0262. The number of ether oxygens (including phenoxy) is 2. The van der Waals surface area contributed by atoms with Crippen LogP contribution in [0.4, 0.5) is 0 Å². The molecule has 0 amide bonds. The van der Waals surface area contributed by atoms with Gasteiger partial charge in [-0.15, -0.1) is 0 Å². The Balaban J connectivity index is 0.000000765. The van der Waals surface area contributed by atoms with E-state index >= 15 is 0 Å². The third-order valence-corrected chi connectivity index (χ3v) is 2.90. The maximum Gasteiger partial charge on any atom is 0.342 e. The van der Waals surface area contributed by atoms with Crippen molar-refractivity contribution in [1.82, 2.24) is 0 Å². The summed E-state index contributed by atoms with van der Waals surface area (Å²) in [6, 6.07) is 11.9. The normalized spacial score (nSPS) is 9.62. The van der Waals surface area contributed by atoms with Crippen LogP contribution in [0, 0.1) is 0 Å². The molecule has 0 saturated heterocycles. The van der Waals surface area contributed by atoms with Crippen molar-refractivity contribution < 1.29 is 39.5 Å². The highest BCUT2D eigenvalue weighted by Crippen LogP contribution is 2.17. The summed E-state index contributed by atoms with van der Waals surface area (Å²) in [5, 5.41) is 34.2. The first-order chi connectivity index (χ1) is 12.5. The Bertz CT molecular complexity index is 652. The minimum atomic E-state index is -0.711. The number of carbonyl (C=O) groups is 2. The molecule has 8 nitrogen and oxygen atoms in total. The van der Waals surface area contributed by atoms with Crippen LogP contribution in [0.25, 0.3) is 0 Å². The molecular weight excluding hydrogens is 344 g/mol. The first-order valence-corrected chi connectivity index (χ1v) is 7.63. The fourth-order valence-electron chi connectivity index (χ4n) is 1.72. The largest absolute Gasteiger partial charge is 0.507 e. The minimum Gasteiger partial charge on any atom is -0.507 e. The van der Waals surface area contributed by atoms with E-state index in [-0.39, 0.29) is 49.1 Å². The molecule has 4 N–H and O–H groups in total. The molecule has 0 radical (unpaired) electrons. The van der Waals surface area contributed by atoms with Crippen LogP contribution in [0.1, 0.15) is 20.7 Å². The quantitative estimate of drug-likeness (QED) is 0.442. The summed E-state index contributed by atoms with van der Waals surface area (Å²) < 4.78 is 9.77. The zero-order valence-corrected chi connectivity index (χ0v) is 13.9. The van der Waals surface area contributed by atoms with Gasteiger partial charge in [-0.3, -0.25) is 0 Å². The Hall–Kier alpha value is -3.10. The van der Waals surface area contributed by atoms with Crippen LogP contribution in [-0.4, -0.2) is 58.8 Å². The Morgan fingerprint density at radius 1 is 0.692 bits per heavy atom. The molecule has 2 rings (SSSR count). The molecule has 0 aliphatic heterocycles. The second kappa shape index (κ2) is 11.5. The second-order valence-corrected chi connectivity index (χ2v) is 4.75. The molecule has 0 saturated carbocycles. The summed E-state index contributed by atoms with van der Waals surface area (Å²) in [6.07, 6.45) is 0. The van der Waals surface area contributed by atoms with Gasteiger partial charge >= 0.3 is 11.9 Å². The van der Waals surface area contributed by atoms with Crippen molar-refractivity contribution in [2.24, 2.45) is 0 Å². The van der Waals surface area contributed by atoms with Crippen molar-refractivity contribution in [2.45, 2.75) is 0 Å². The van der Waals surface area contributed by atoms with E-state index in [4.69, 9.17) is 19.7 Å². The maximum absolute atomic E-state index is 11.7. The number of phenols is 2. The van der Waals surface area contributed by atoms with Crippen LogP contribution < -0.4 is 0 Å². The van der Waals surface area contributed by atoms with Crippen LogP contribution in [-0.2, 0) is 9.47 Å². The van der Waals surface area contributed by atoms with Crippen molar-refractivity contribution in [2.75, 3.05) is 26.4 Å². The summed E-state index contributed by atoms with van der Waals surface area (Å²) >= 11 is 0. The van der Waals surface area contributed by atoms with Gasteiger partial charge in [-0.05, 0) is 24.3 Å². The van der Waals surface area contributed by atoms with Gasteiger partial charge in [0.05, 0.1) is 13.2 Å². The fourth-order valence-corrected chi connectivity index (χ4v) is 1.72. The highest BCUT2D eigenvalue weighted by atomic mass is 16.6. The summed E-state index contributed by atoms with van der Waals surface area (Å²) in [4.78, 5) is 23.3. The molecule has 0 heterocycles. The van der Waals surface area contributed by atoms with Crippen LogP contribution in [0.15, 0.2) is 48.5 Å². The monoisotopic (exact) mass is 364 g/mol. The molecule has 2 aromatic carbocycles. The summed E-state index contributed by atoms with van der Waals surface area (Å²) in [5.41, 5.74) is 0.0732. The van der Waals surface area contributed by atoms with E-state index in [1.165, 1.54) is 24.3 Å². The molecule has 0 aliphatic rings. The number of esters is 2. The van der Waals surface area contributed by atoms with Crippen molar-refractivity contribution in [3.05, 3.63) is 59.7 Å². The van der Waals surface area contributed by atoms with Gasteiger partial charge in [0.1, 0.15) is 35.8 Å². The Morgan fingerprint density at radius 2 is 1.04 bits per heavy atom. The summed E-state index contributed by atoms with van der Waals surface area (Å²) in [5.74, 6) is -1.79. The number of hydrogen-bond acceptors (Lipinski definition) is 8. The maximum atomic E-state index is 11.7. The molecule has 0 atom stereocenters. The first-order valence-electron chi connectivity index (χ1n) is 7.63. The molecule has 0 spiro atoms. The van der Waals surface area contributed by atoms with E-state index < -0.39 is 11.9 Å². The van der Waals surface area contributed by atoms with E-state index in [1.54, 1.807) is 24.3 Å². The SMILES string of the molecule is O=C(OCCOC(=O)c1ccccc1O)c1ccccc1O.OCCO. The molecule has 0 bridgehead atoms. The fraction of sp³-hybridized carbons (Fsp3) is 0.222. The smallest absolute Gasteiger partial charge is 0.342 e. The molecule has 0 unspecified atom stereocenters. The second-order valence-electron chi connectivity index (χ2n) is 4.75. The minimum absolute atomic E-state index is 0.0366. The highest BCUT2D eigenvalue weighted by molar-refractivity contribution is 5.93. The zero-order chi connectivity index (χ0) is 19.4. The lowest BCUT2D eigenvalue weighted by atomic mass is 10.2. The number of benzene rings is 2. The van der Waals surface area contributed by atoms with Gasteiger partial charge in [0.25, 0.3) is 0 Å². The van der Waals surface area contributed by atoms with E-state index in [0.29, 0.717) is 0 Å². The van der Waals surface area contributed by atoms with Gasteiger partial charge in [0.2, 0.25) is 0 Å². The predicted octanol–water partition coefficient (Wildman–Crippen LogP) is 1.08. The van der Waals surface area contributed by atoms with Gasteiger partial charge < -0.3 is 29.9 Å². The average molecular weight is 364 g/mol. The predicted molar refractivity (Wildman–Crippen MR) is 91.0 cm³/mol. The number of aliphatic hydroxyl groups is 2. The van der Waals surface area contributed by atoms with E-state index in [1.807, 2.05) is 0 Å². The van der Waals surface area contributed by atoms with E-state index in [2.05, 4.69) is 0 Å². The van der Waals surface area contributed by atoms with Gasteiger partial charge in [-0.1, -0.05) is 24.3 Å². The molecule has 8 heteroatoms. The number of carbonyl (C=O) groups excluding carboxylic acids is 2. The third kappa shape index (κ3) is 6.80. The van der Waals surface area contributed by atoms with Crippen molar-refractivity contribution in [3.8, 4) is 11.5 Å². The summed E-state index contributed by atoms with van der Waals surface area (Å²) in [7, 11) is 0. The van der Waals surface area contributed by atoms with Crippen LogP contribution >= 0.6 is 0 Å². The van der Waals surface area contributed by atoms with Crippen LogP contribution in [0.5, 0.6) is 11.5 Å². The zero-order valence-electron chi connectivity index (χ0n) is 13.9. The number of rotatable bonds is 6. The standard InChI is InChI=1S/C16H14O6.C2H6O2/c17-13-7-3-1-5-11(13)15(19)21-9-10-22-16(20)12-6-2-4-8-14(12)18;3-1-2-4/h1-8,17-18H,9-10H2;3-4H,1-2H2. The number of phenolic OH excluding ortho intramolecular Hbond substituents is 2. The lowest BCUT2D eigenvalue weighted by Gasteiger charge is -2.08. The molecule has 2 aromatic rings. The van der Waals surface area contributed by atoms with Gasteiger partial charge in [0, 0.05) is 0 Å². The highest BCUT2D eigenvalue weighted by Gasteiger charge is 2.14. The van der Waals surface area contributed by atoms with Gasteiger partial charge in [-0.25, -0.2) is 9.59 Å². The molecule has 0 fully saturated rings. The molecule has 0 aromatic heterocycles. The number of aliphatic hydroxyl groups excluding tert-OH is 2. The van der Waals surface area contributed by atoms with Crippen molar-refractivity contribution >= 4 is 11.9 Å². The Labute approximate surface area is 149 Å². The lowest BCUT2D eigenvalue weighted by Crippen LogP contribution is -2.14. The molecular formula is C18H20O8.